The van der Waals surface area contributed by atoms with Gasteiger partial charge in [0.15, 0.2) is 11.6 Å². The molecule has 6 amide bonds. The normalized spacial score (nSPS) is 24.5. The Morgan fingerprint density at radius 3 is 1.31 bits per heavy atom. The number of carbonyl (C=O) groups excluding carboxylic acids is 8. The van der Waals surface area contributed by atoms with Crippen molar-refractivity contribution in [2.45, 2.75) is 102 Å². The smallest absolute Gasteiger partial charge is 0.246 e. The van der Waals surface area contributed by atoms with Gasteiger partial charge in [-0.1, -0.05) is 100 Å². The van der Waals surface area contributed by atoms with Crippen LogP contribution in [-0.2, 0) is 28.8 Å². The van der Waals surface area contributed by atoms with Gasteiger partial charge in [0.05, 0.1) is 24.2 Å². The lowest BCUT2D eigenvalue weighted by molar-refractivity contribution is -0.141. The van der Waals surface area contributed by atoms with Crippen molar-refractivity contribution in [3.8, 4) is 0 Å². The number of carbonyl (C=O) groups is 8. The summed E-state index contributed by atoms with van der Waals surface area (Å²) in [6, 6.07) is 19.0. The minimum Gasteiger partial charge on any atom is -0.348 e. The van der Waals surface area contributed by atoms with Crippen LogP contribution in [0.25, 0.3) is 0 Å². The van der Waals surface area contributed by atoms with E-state index in [4.69, 9.17) is 0 Å². The van der Waals surface area contributed by atoms with E-state index in [1.54, 1.807) is 52.2 Å². The van der Waals surface area contributed by atoms with Crippen LogP contribution in [0.4, 0.5) is 0 Å². The first-order valence-corrected chi connectivity index (χ1v) is 25.7. The van der Waals surface area contributed by atoms with Gasteiger partial charge in [-0.05, 0) is 83.7 Å². The third-order valence-corrected chi connectivity index (χ3v) is 15.6. The van der Waals surface area contributed by atoms with Crippen molar-refractivity contribution < 1.29 is 38.4 Å². The summed E-state index contributed by atoms with van der Waals surface area (Å²) in [5.41, 5.74) is 2.34. The molecule has 3 heterocycles. The molecule has 10 atom stereocenters. The predicted molar refractivity (Wildman–Crippen MR) is 263 cm³/mol. The fraction of sp³-hybridized carbons (Fsp3) is 0.480. The maximum Gasteiger partial charge on any atom is 0.246 e. The summed E-state index contributed by atoms with van der Waals surface area (Å²) in [5, 5.41) is 17.6. The van der Waals surface area contributed by atoms with Crippen LogP contribution >= 0.6 is 21.6 Å². The Hall–Kier alpha value is -5.56. The lowest BCUT2D eigenvalue weighted by Gasteiger charge is -2.31. The van der Waals surface area contributed by atoms with Gasteiger partial charge < -0.3 is 41.7 Å². The highest BCUT2D eigenvalue weighted by atomic mass is 33.1. The molecule has 2 saturated heterocycles. The minimum absolute atomic E-state index is 0.00493. The number of hydrogen-bond acceptors (Lipinski definition) is 12. The van der Waals surface area contributed by atoms with Crippen LogP contribution in [-0.4, -0.2) is 132 Å². The van der Waals surface area contributed by atoms with E-state index in [1.165, 1.54) is 31.4 Å². The number of nitrogens with zero attached hydrogens (tertiary/aromatic N) is 2. The molecule has 3 aliphatic rings. The van der Waals surface area contributed by atoms with E-state index in [2.05, 4.69) is 31.9 Å². The number of likely N-dealkylation sites (N-methyl/N-ethyl adjacent to an activating group) is 2. The summed E-state index contributed by atoms with van der Waals surface area (Å²) in [6.45, 7) is 7.14. The molecule has 0 unspecified atom stereocenters. The highest BCUT2D eigenvalue weighted by molar-refractivity contribution is 8.76. The molecule has 16 nitrogen and oxygen atoms in total. The fourth-order valence-electron chi connectivity index (χ4n) is 8.86. The summed E-state index contributed by atoms with van der Waals surface area (Å²) in [5.74, 6) is -4.06. The summed E-state index contributed by atoms with van der Waals surface area (Å²) in [4.78, 5) is 116. The molecule has 6 bridgehead atoms. The molecule has 2 fully saturated rings. The number of amides is 6. The van der Waals surface area contributed by atoms with Gasteiger partial charge in [0, 0.05) is 48.6 Å². The first-order chi connectivity index (χ1) is 32.6. The molecule has 3 aromatic rings. The van der Waals surface area contributed by atoms with E-state index in [9.17, 15) is 38.4 Å². The number of Topliss-reactive ketones (excluding diaryl/α,β-unsaturated/α-hetero) is 2. The van der Waals surface area contributed by atoms with E-state index in [0.717, 1.165) is 11.1 Å². The molecule has 6 N–H and O–H groups in total. The maximum absolute atomic E-state index is 14.8. The second-order valence-electron chi connectivity index (χ2n) is 18.0. The summed E-state index contributed by atoms with van der Waals surface area (Å²) >= 11 is 0. The highest BCUT2D eigenvalue weighted by Crippen LogP contribution is 2.33. The SMILES string of the molecule is CN[C@@H](C)C(=O)N[C@H]1CSSC[C@H](NC(=O)[C@H](C)NC)C(=O)N2C[C@@H](CC(=O)c3cccc(c3)C(=O)C[C@H]3C[C@@H](C(=O)N[C@H](C)c4ccccc4)N(C3)C1=O)C[C@H]2C(=O)N[C@H](C)c1ccccc1. The quantitative estimate of drug-likeness (QED) is 0.144. The Morgan fingerprint density at radius 2 is 0.941 bits per heavy atom. The van der Waals surface area contributed by atoms with E-state index < -0.39 is 95.6 Å². The summed E-state index contributed by atoms with van der Waals surface area (Å²) in [6.07, 6.45) is 0.360. The lowest BCUT2D eigenvalue weighted by Crippen LogP contribution is -2.57. The second-order valence-corrected chi connectivity index (χ2v) is 20.6. The summed E-state index contributed by atoms with van der Waals surface area (Å²) < 4.78 is 0. The van der Waals surface area contributed by atoms with Crippen molar-refractivity contribution in [2.75, 3.05) is 38.7 Å². The Labute approximate surface area is 406 Å². The van der Waals surface area contributed by atoms with Crippen molar-refractivity contribution in [1.29, 1.82) is 0 Å². The van der Waals surface area contributed by atoms with Crippen LogP contribution in [0.15, 0.2) is 84.9 Å². The van der Waals surface area contributed by atoms with Gasteiger partial charge in [-0.25, -0.2) is 0 Å². The van der Waals surface area contributed by atoms with Crippen LogP contribution in [0.2, 0.25) is 0 Å². The van der Waals surface area contributed by atoms with Gasteiger partial charge in [-0.3, -0.25) is 38.4 Å². The minimum atomic E-state index is -1.13. The third-order valence-electron chi connectivity index (χ3n) is 13.2. The number of nitrogens with one attached hydrogen (secondary N) is 6. The van der Waals surface area contributed by atoms with Crippen LogP contribution < -0.4 is 31.9 Å². The van der Waals surface area contributed by atoms with Gasteiger partial charge in [-0.2, -0.15) is 0 Å². The molecule has 0 aromatic heterocycles. The highest BCUT2D eigenvalue weighted by Gasteiger charge is 2.45. The van der Waals surface area contributed by atoms with Crippen LogP contribution in [0.5, 0.6) is 0 Å². The molecule has 0 spiro atoms. The first-order valence-electron chi connectivity index (χ1n) is 23.3. The molecule has 364 valence electrons. The molecule has 68 heavy (non-hydrogen) atoms. The Bertz CT molecular complexity index is 2150. The molecule has 0 radical (unpaired) electrons. The predicted octanol–water partition coefficient (Wildman–Crippen LogP) is 3.60. The molecule has 18 heteroatoms. The van der Waals surface area contributed by atoms with E-state index in [0.29, 0.717) is 11.1 Å². The van der Waals surface area contributed by atoms with E-state index in [-0.39, 0.29) is 61.8 Å². The Kier molecular flexibility index (Phi) is 18.4. The molecule has 0 saturated carbocycles. The average molecular weight is 969 g/mol. The monoisotopic (exact) mass is 968 g/mol. The topological polar surface area (TPSA) is 215 Å². The van der Waals surface area contributed by atoms with Crippen LogP contribution in [0.1, 0.15) is 97.3 Å². The summed E-state index contributed by atoms with van der Waals surface area (Å²) in [7, 11) is 5.66. The van der Waals surface area contributed by atoms with E-state index >= 15 is 0 Å². The van der Waals surface area contributed by atoms with Gasteiger partial charge in [-0.15, -0.1) is 0 Å². The number of rotatable bonds is 12. The van der Waals surface area contributed by atoms with Crippen LogP contribution in [0, 0.1) is 11.8 Å². The fourth-order valence-corrected chi connectivity index (χ4v) is 11.2. The molecular formula is C50H64N8O8S2. The second kappa shape index (κ2) is 24.1. The van der Waals surface area contributed by atoms with E-state index in [1.807, 2.05) is 74.5 Å². The number of ketones is 2. The van der Waals surface area contributed by atoms with Gasteiger partial charge in [0.2, 0.25) is 35.4 Å². The maximum atomic E-state index is 14.8. The third kappa shape index (κ3) is 13.1. The molecule has 3 aliphatic heterocycles. The molecule has 0 aliphatic carbocycles. The first kappa shape index (κ1) is 51.8. The average Bonchev–Trinajstić information content (AvgIpc) is 3.98. The van der Waals surface area contributed by atoms with Crippen molar-refractivity contribution in [2.24, 2.45) is 11.8 Å². The standard InChI is InChI=1S/C50H64N8O8S2/c1-29(35-14-9-7-10-15-35)53-47(63)41-20-33-22-43(59)37-18-13-19-38(24-37)44(60)23-34-21-42(48(64)54-30(2)36-16-11-8-12-17-36)58(26-34)50(66)40(56-46(62)32(4)52-6)28-68-67-27-39(49(65)57(41)25-33)55-45(61)31(3)51-5/h7-19,24,29-34,39-42,51-52H,20-23,25-28H2,1-6H3,(H,53,63)(H,54,64)(H,55,61)(H,56,62)/t29-,30-,31+,32+,33-,34-,39+,40+,41+,42+/m1/s1. The van der Waals surface area contributed by atoms with Crippen LogP contribution in [0.3, 0.4) is 0 Å². The zero-order valence-electron chi connectivity index (χ0n) is 39.5. The zero-order valence-corrected chi connectivity index (χ0v) is 41.1. The molecule has 6 rings (SSSR count). The van der Waals surface area contributed by atoms with Gasteiger partial charge in [0.1, 0.15) is 24.2 Å². The largest absolute Gasteiger partial charge is 0.348 e. The van der Waals surface area contributed by atoms with Crippen molar-refractivity contribution in [1.82, 2.24) is 41.7 Å². The zero-order chi connectivity index (χ0) is 49.1. The Balaban J connectivity index is 1.34. The lowest BCUT2D eigenvalue weighted by atomic mass is 9.92. The van der Waals surface area contributed by atoms with Gasteiger partial charge in [0.25, 0.3) is 0 Å². The number of benzene rings is 3. The Morgan fingerprint density at radius 1 is 0.559 bits per heavy atom. The van der Waals surface area contributed by atoms with Crippen molar-refractivity contribution in [3.63, 3.8) is 0 Å². The molecular weight excluding hydrogens is 905 g/mol. The molecule has 3 aromatic carbocycles. The number of hydrogen-bond donors (Lipinski definition) is 6. The van der Waals surface area contributed by atoms with Crippen molar-refractivity contribution >= 4 is 68.6 Å². The number of fused-ring (bicyclic) bond motifs is 6. The van der Waals surface area contributed by atoms with Crippen molar-refractivity contribution in [3.05, 3.63) is 107 Å². The van der Waals surface area contributed by atoms with Gasteiger partial charge >= 0.3 is 0 Å².